The molecule has 1 saturated heterocycles. The Hall–Kier alpha value is -2.55. The number of likely N-dealkylation sites (tertiary alicyclic amines) is 1. The topological polar surface area (TPSA) is 78.5 Å². The lowest BCUT2D eigenvalue weighted by Crippen LogP contribution is -2.42. The van der Waals surface area contributed by atoms with Gasteiger partial charge >= 0.3 is 6.18 Å². The van der Waals surface area contributed by atoms with Gasteiger partial charge in [0.1, 0.15) is 11.4 Å². The number of halogens is 3. The largest absolute Gasteiger partial charge is 0.493 e. The van der Waals surface area contributed by atoms with Crippen LogP contribution in [0.1, 0.15) is 27.7 Å². The molecule has 0 spiro atoms. The number of aromatic nitrogens is 2. The number of amides is 1. The first kappa shape index (κ1) is 16.9. The molecule has 0 bridgehead atoms. The lowest BCUT2D eigenvalue weighted by atomic mass is 9.74. The quantitative estimate of drug-likeness (QED) is 0.852. The Bertz CT molecular complexity index is 851. The van der Waals surface area contributed by atoms with E-state index in [1.807, 2.05) is 29.4 Å². The fourth-order valence-electron chi connectivity index (χ4n) is 3.76. The molecule has 6 nitrogen and oxygen atoms in total. The predicted octanol–water partition coefficient (Wildman–Crippen LogP) is 2.04. The van der Waals surface area contributed by atoms with Crippen molar-refractivity contribution in [3.63, 3.8) is 0 Å². The van der Waals surface area contributed by atoms with Crippen molar-refractivity contribution in [2.24, 2.45) is 5.41 Å². The first-order valence-electron chi connectivity index (χ1n) is 8.08. The molecule has 2 N–H and O–H groups in total. The number of aliphatic hydroxyl groups excluding tert-OH is 1. The molecule has 0 unspecified atom stereocenters. The molecule has 1 fully saturated rings. The first-order valence-corrected chi connectivity index (χ1v) is 8.08. The summed E-state index contributed by atoms with van der Waals surface area (Å²) in [6, 6.07) is 8.10. The highest BCUT2D eigenvalue weighted by Gasteiger charge is 2.52. The minimum Gasteiger partial charge on any atom is -0.493 e. The maximum atomic E-state index is 12.7. The molecule has 2 aromatic rings. The molecule has 1 aromatic heterocycles. The highest BCUT2D eigenvalue weighted by atomic mass is 19.4. The van der Waals surface area contributed by atoms with E-state index in [-0.39, 0.29) is 37.9 Å². The number of aliphatic hydroxyl groups is 1. The van der Waals surface area contributed by atoms with Crippen LogP contribution in [-0.2, 0) is 6.18 Å². The summed E-state index contributed by atoms with van der Waals surface area (Å²) in [4.78, 5) is 14.1. The van der Waals surface area contributed by atoms with Gasteiger partial charge in [0.05, 0.1) is 18.6 Å². The van der Waals surface area contributed by atoms with Crippen LogP contribution in [0.3, 0.4) is 0 Å². The van der Waals surface area contributed by atoms with Gasteiger partial charge < -0.3 is 14.7 Å². The van der Waals surface area contributed by atoms with E-state index in [9.17, 15) is 23.1 Å². The lowest BCUT2D eigenvalue weighted by Gasteiger charge is -2.37. The number of carbonyl (C=O) groups is 1. The summed E-state index contributed by atoms with van der Waals surface area (Å²) in [6.45, 7) is 0.525. The highest BCUT2D eigenvalue weighted by Crippen LogP contribution is 2.49. The second-order valence-electron chi connectivity index (χ2n) is 6.75. The number of benzene rings is 1. The SMILES string of the molecule is O=C(c1cc(C(F)(F)F)[nH]n1)N1C[C@H]2c3ccccc3OC[C@@]2(CO)C1. The van der Waals surface area contributed by atoms with Crippen LogP contribution >= 0.6 is 0 Å². The van der Waals surface area contributed by atoms with Gasteiger partial charge in [0.25, 0.3) is 5.91 Å². The van der Waals surface area contributed by atoms with E-state index in [1.165, 1.54) is 4.90 Å². The van der Waals surface area contributed by atoms with Crippen LogP contribution in [0.5, 0.6) is 5.75 Å². The number of hydrogen-bond acceptors (Lipinski definition) is 4. The van der Waals surface area contributed by atoms with Gasteiger partial charge in [-0.3, -0.25) is 9.89 Å². The zero-order valence-electron chi connectivity index (χ0n) is 13.6. The number of aromatic amines is 1. The average molecular weight is 367 g/mol. The molecule has 0 saturated carbocycles. The molecule has 1 amide bonds. The molecule has 4 rings (SSSR count). The van der Waals surface area contributed by atoms with Gasteiger partial charge in [-0.2, -0.15) is 18.3 Å². The van der Waals surface area contributed by atoms with E-state index in [4.69, 9.17) is 4.74 Å². The third-order valence-electron chi connectivity index (χ3n) is 5.16. The third-order valence-corrected chi connectivity index (χ3v) is 5.16. The Morgan fingerprint density at radius 2 is 2.19 bits per heavy atom. The number of fused-ring (bicyclic) bond motifs is 3. The number of nitrogens with zero attached hydrogens (tertiary/aromatic N) is 2. The number of rotatable bonds is 2. The molecular weight excluding hydrogens is 351 g/mol. The van der Waals surface area contributed by atoms with Crippen molar-refractivity contribution < 1.29 is 27.8 Å². The molecule has 3 heterocycles. The molecule has 0 aliphatic carbocycles. The van der Waals surface area contributed by atoms with E-state index in [1.54, 1.807) is 0 Å². The van der Waals surface area contributed by atoms with Crippen LogP contribution in [-0.4, -0.2) is 52.4 Å². The highest BCUT2D eigenvalue weighted by molar-refractivity contribution is 5.92. The van der Waals surface area contributed by atoms with Crippen molar-refractivity contribution >= 4 is 5.91 Å². The molecule has 2 aliphatic heterocycles. The van der Waals surface area contributed by atoms with E-state index in [0.717, 1.165) is 5.56 Å². The minimum atomic E-state index is -4.59. The Kier molecular flexibility index (Phi) is 3.72. The molecule has 138 valence electrons. The molecule has 0 radical (unpaired) electrons. The van der Waals surface area contributed by atoms with Gasteiger partial charge in [0, 0.05) is 25.1 Å². The minimum absolute atomic E-state index is 0.151. The van der Waals surface area contributed by atoms with Crippen LogP contribution in [0.2, 0.25) is 0 Å². The molecular formula is C17H16F3N3O3. The molecule has 2 aliphatic rings. The number of nitrogens with one attached hydrogen (secondary N) is 1. The van der Waals surface area contributed by atoms with Crippen LogP contribution in [0.25, 0.3) is 0 Å². The van der Waals surface area contributed by atoms with Gasteiger partial charge in [-0.15, -0.1) is 0 Å². The first-order chi connectivity index (χ1) is 12.3. The van der Waals surface area contributed by atoms with Crippen molar-refractivity contribution in [1.29, 1.82) is 0 Å². The summed E-state index contributed by atoms with van der Waals surface area (Å²) in [5, 5.41) is 15.3. The lowest BCUT2D eigenvalue weighted by molar-refractivity contribution is -0.141. The number of para-hydroxylation sites is 1. The standard InChI is InChI=1S/C17H16F3N3O3/c18-17(19,20)14-5-12(21-22-14)15(25)23-6-11-10-3-1-2-4-13(10)26-9-16(11,7-23)8-24/h1-5,11,24H,6-9H2,(H,21,22)/t11-,16-/m0/s1. The second-order valence-corrected chi connectivity index (χ2v) is 6.75. The van der Waals surface area contributed by atoms with E-state index < -0.39 is 23.2 Å². The zero-order valence-corrected chi connectivity index (χ0v) is 13.6. The Morgan fingerprint density at radius 3 is 2.88 bits per heavy atom. The molecule has 1 aromatic carbocycles. The second kappa shape index (κ2) is 5.73. The van der Waals surface area contributed by atoms with E-state index in [0.29, 0.717) is 11.8 Å². The molecule has 26 heavy (non-hydrogen) atoms. The van der Waals surface area contributed by atoms with Gasteiger partial charge in [0.15, 0.2) is 5.69 Å². The zero-order chi connectivity index (χ0) is 18.5. The van der Waals surface area contributed by atoms with Crippen LogP contribution in [0.15, 0.2) is 30.3 Å². The van der Waals surface area contributed by atoms with Gasteiger partial charge in [0.2, 0.25) is 0 Å². The summed E-state index contributed by atoms with van der Waals surface area (Å²) < 4.78 is 43.9. The van der Waals surface area contributed by atoms with E-state index in [2.05, 4.69) is 5.10 Å². The Balaban J connectivity index is 1.62. The fourth-order valence-corrected chi connectivity index (χ4v) is 3.76. The number of H-pyrrole nitrogens is 1. The Morgan fingerprint density at radius 1 is 1.42 bits per heavy atom. The van der Waals surface area contributed by atoms with E-state index >= 15 is 0 Å². The maximum Gasteiger partial charge on any atom is 0.432 e. The van der Waals surface area contributed by atoms with Gasteiger partial charge in [-0.05, 0) is 11.6 Å². The van der Waals surface area contributed by atoms with Crippen LogP contribution in [0, 0.1) is 5.41 Å². The summed E-state index contributed by atoms with van der Waals surface area (Å²) in [5.41, 5.74) is -1.14. The molecule has 2 atom stereocenters. The predicted molar refractivity (Wildman–Crippen MR) is 83.7 cm³/mol. The average Bonchev–Trinajstić information content (AvgIpc) is 3.26. The summed E-state index contributed by atoms with van der Waals surface area (Å²) >= 11 is 0. The Labute approximate surface area is 146 Å². The summed E-state index contributed by atoms with van der Waals surface area (Å²) in [5.74, 6) is -0.0473. The van der Waals surface area contributed by atoms with Gasteiger partial charge in [-0.1, -0.05) is 18.2 Å². The van der Waals surface area contributed by atoms with Crippen molar-refractivity contribution in [2.75, 3.05) is 26.3 Å². The summed E-state index contributed by atoms with van der Waals surface area (Å²) in [6.07, 6.45) is -4.59. The number of hydrogen-bond donors (Lipinski definition) is 2. The van der Waals surface area contributed by atoms with Crippen molar-refractivity contribution in [1.82, 2.24) is 15.1 Å². The van der Waals surface area contributed by atoms with Gasteiger partial charge in [-0.25, -0.2) is 0 Å². The summed E-state index contributed by atoms with van der Waals surface area (Å²) in [7, 11) is 0. The van der Waals surface area contributed by atoms with Crippen LogP contribution < -0.4 is 4.74 Å². The van der Waals surface area contributed by atoms with Crippen LogP contribution in [0.4, 0.5) is 13.2 Å². The number of carbonyl (C=O) groups excluding carboxylic acids is 1. The van der Waals surface area contributed by atoms with Crippen molar-refractivity contribution in [3.05, 3.63) is 47.3 Å². The van der Waals surface area contributed by atoms with Crippen molar-refractivity contribution in [3.8, 4) is 5.75 Å². The number of ether oxygens (including phenoxy) is 1. The van der Waals surface area contributed by atoms with Crippen molar-refractivity contribution in [2.45, 2.75) is 12.1 Å². The fraction of sp³-hybridized carbons (Fsp3) is 0.412. The maximum absolute atomic E-state index is 12.7. The normalized spacial score (nSPS) is 24.8. The molecule has 9 heteroatoms. The monoisotopic (exact) mass is 367 g/mol. The smallest absolute Gasteiger partial charge is 0.432 e. The number of alkyl halides is 3. The third kappa shape index (κ3) is 2.54.